The molecule has 1 aliphatic rings. The minimum atomic E-state index is -4.38. The van der Waals surface area contributed by atoms with Gasteiger partial charge in [0, 0.05) is 18.8 Å². The number of fused-ring (bicyclic) bond motifs is 1. The average molecular weight is 313 g/mol. The third-order valence-corrected chi connectivity index (χ3v) is 3.89. The Morgan fingerprint density at radius 3 is 2.43 bits per heavy atom. The maximum Gasteiger partial charge on any atom is 0.416 e. The van der Waals surface area contributed by atoms with Crippen LogP contribution in [-0.4, -0.2) is 0 Å². The zero-order valence-electron chi connectivity index (χ0n) is 10.9. The molecule has 0 bridgehead atoms. The zero-order chi connectivity index (χ0) is 15.2. The van der Waals surface area contributed by atoms with Crippen molar-refractivity contribution < 1.29 is 13.2 Å². The highest BCUT2D eigenvalue weighted by molar-refractivity contribution is 6.33. The molecule has 6 heteroatoms. The number of benzene rings is 2. The van der Waals surface area contributed by atoms with E-state index in [4.69, 9.17) is 17.3 Å². The van der Waals surface area contributed by atoms with Gasteiger partial charge in [-0.25, -0.2) is 0 Å². The molecule has 2 aromatic rings. The number of hydrogen-bond acceptors (Lipinski definition) is 2. The molecule has 2 N–H and O–H groups in total. The van der Waals surface area contributed by atoms with Gasteiger partial charge in [0.2, 0.25) is 0 Å². The van der Waals surface area contributed by atoms with Crippen LogP contribution in [-0.2, 0) is 19.3 Å². The van der Waals surface area contributed by atoms with Crippen LogP contribution in [0, 0.1) is 0 Å². The van der Waals surface area contributed by atoms with Gasteiger partial charge in [-0.05, 0) is 41.5 Å². The molecule has 0 amide bonds. The van der Waals surface area contributed by atoms with Crippen molar-refractivity contribution in [3.63, 3.8) is 0 Å². The van der Waals surface area contributed by atoms with Crippen LogP contribution in [0.5, 0.6) is 0 Å². The molecule has 2 aromatic carbocycles. The Hall–Kier alpha value is -1.88. The molecule has 0 aromatic heterocycles. The minimum absolute atomic E-state index is 0.309. The number of nitrogens with two attached hydrogens (primary N) is 1. The second kappa shape index (κ2) is 4.84. The number of nitrogen functional groups attached to an aromatic ring is 1. The lowest BCUT2D eigenvalue weighted by Crippen LogP contribution is -2.16. The molecule has 0 fully saturated rings. The van der Waals surface area contributed by atoms with Gasteiger partial charge in [0.05, 0.1) is 16.3 Å². The Morgan fingerprint density at radius 2 is 1.71 bits per heavy atom. The first kappa shape index (κ1) is 14.1. The SMILES string of the molecule is Nc1ccc2c(c1)CN(c1cc(C(F)(F)F)ccc1Cl)C2. The molecular formula is C15H12ClF3N2. The van der Waals surface area contributed by atoms with Crippen LogP contribution in [0.3, 0.4) is 0 Å². The summed E-state index contributed by atoms with van der Waals surface area (Å²) in [6.45, 7) is 1.03. The van der Waals surface area contributed by atoms with E-state index in [1.54, 1.807) is 6.07 Å². The van der Waals surface area contributed by atoms with Gasteiger partial charge in [-0.1, -0.05) is 17.7 Å². The summed E-state index contributed by atoms with van der Waals surface area (Å²) in [5.74, 6) is 0. The topological polar surface area (TPSA) is 29.3 Å². The van der Waals surface area contributed by atoms with Gasteiger partial charge in [0.1, 0.15) is 0 Å². The van der Waals surface area contributed by atoms with Gasteiger partial charge < -0.3 is 10.6 Å². The van der Waals surface area contributed by atoms with Crippen LogP contribution in [0.4, 0.5) is 24.5 Å². The summed E-state index contributed by atoms with van der Waals surface area (Å²) in [6.07, 6.45) is -4.38. The van der Waals surface area contributed by atoms with Gasteiger partial charge in [-0.15, -0.1) is 0 Å². The highest BCUT2D eigenvalue weighted by Gasteiger charge is 2.32. The van der Waals surface area contributed by atoms with Crippen molar-refractivity contribution in [1.29, 1.82) is 0 Å². The molecule has 0 spiro atoms. The van der Waals surface area contributed by atoms with E-state index in [0.29, 0.717) is 29.5 Å². The van der Waals surface area contributed by atoms with E-state index in [1.807, 2.05) is 17.0 Å². The lowest BCUT2D eigenvalue weighted by molar-refractivity contribution is -0.137. The largest absolute Gasteiger partial charge is 0.416 e. The number of alkyl halides is 3. The monoisotopic (exact) mass is 312 g/mol. The lowest BCUT2D eigenvalue weighted by Gasteiger charge is -2.20. The molecule has 21 heavy (non-hydrogen) atoms. The lowest BCUT2D eigenvalue weighted by atomic mass is 10.1. The predicted molar refractivity (Wildman–Crippen MR) is 77.2 cm³/mol. The van der Waals surface area contributed by atoms with E-state index in [9.17, 15) is 13.2 Å². The minimum Gasteiger partial charge on any atom is -0.399 e. The molecule has 0 unspecified atom stereocenters. The van der Waals surface area contributed by atoms with Crippen molar-refractivity contribution in [2.75, 3.05) is 10.6 Å². The van der Waals surface area contributed by atoms with Gasteiger partial charge in [0.25, 0.3) is 0 Å². The predicted octanol–water partition coefficient (Wildman–Crippen LogP) is 4.46. The van der Waals surface area contributed by atoms with E-state index < -0.39 is 11.7 Å². The Labute approximate surface area is 124 Å². The van der Waals surface area contributed by atoms with Crippen molar-refractivity contribution in [3.8, 4) is 0 Å². The third-order valence-electron chi connectivity index (χ3n) is 3.57. The molecule has 1 heterocycles. The van der Waals surface area contributed by atoms with Crippen molar-refractivity contribution in [1.82, 2.24) is 0 Å². The average Bonchev–Trinajstić information content (AvgIpc) is 2.80. The first-order valence-corrected chi connectivity index (χ1v) is 6.71. The van der Waals surface area contributed by atoms with E-state index in [1.165, 1.54) is 6.07 Å². The van der Waals surface area contributed by atoms with E-state index in [0.717, 1.165) is 23.3 Å². The molecule has 1 aliphatic heterocycles. The van der Waals surface area contributed by atoms with Gasteiger partial charge in [-0.3, -0.25) is 0 Å². The maximum atomic E-state index is 12.8. The van der Waals surface area contributed by atoms with E-state index in [-0.39, 0.29) is 0 Å². The summed E-state index contributed by atoms with van der Waals surface area (Å²) in [5.41, 5.74) is 8.14. The second-order valence-corrected chi connectivity index (χ2v) is 5.46. The van der Waals surface area contributed by atoms with Crippen LogP contribution in [0.25, 0.3) is 0 Å². The van der Waals surface area contributed by atoms with E-state index >= 15 is 0 Å². The van der Waals surface area contributed by atoms with Gasteiger partial charge in [-0.2, -0.15) is 13.2 Å². The molecule has 0 radical (unpaired) electrons. The summed E-state index contributed by atoms with van der Waals surface area (Å²) in [5, 5.41) is 0.309. The fourth-order valence-corrected chi connectivity index (χ4v) is 2.75. The molecule has 0 saturated carbocycles. The second-order valence-electron chi connectivity index (χ2n) is 5.05. The normalized spacial score (nSPS) is 14.4. The van der Waals surface area contributed by atoms with Crippen LogP contribution in [0.2, 0.25) is 5.02 Å². The van der Waals surface area contributed by atoms with Gasteiger partial charge >= 0.3 is 6.18 Å². The molecule has 0 aliphatic carbocycles. The third kappa shape index (κ3) is 2.65. The van der Waals surface area contributed by atoms with Crippen molar-refractivity contribution in [3.05, 3.63) is 58.1 Å². The fraction of sp³-hybridized carbons (Fsp3) is 0.200. The van der Waals surface area contributed by atoms with Crippen LogP contribution in [0.15, 0.2) is 36.4 Å². The molecular weight excluding hydrogens is 301 g/mol. The molecule has 3 rings (SSSR count). The summed E-state index contributed by atoms with van der Waals surface area (Å²) < 4.78 is 38.5. The van der Waals surface area contributed by atoms with Crippen molar-refractivity contribution in [2.45, 2.75) is 19.3 Å². The quantitative estimate of drug-likeness (QED) is 0.788. The number of anilines is 2. The van der Waals surface area contributed by atoms with E-state index in [2.05, 4.69) is 0 Å². The Kier molecular flexibility index (Phi) is 3.24. The molecule has 110 valence electrons. The number of hydrogen-bond donors (Lipinski definition) is 1. The smallest absolute Gasteiger partial charge is 0.399 e. The number of nitrogens with zero attached hydrogens (tertiary/aromatic N) is 1. The molecule has 2 nitrogen and oxygen atoms in total. The number of rotatable bonds is 1. The van der Waals surface area contributed by atoms with Crippen LogP contribution in [0.1, 0.15) is 16.7 Å². The molecule has 0 atom stereocenters. The van der Waals surface area contributed by atoms with Crippen LogP contribution < -0.4 is 10.6 Å². The highest BCUT2D eigenvalue weighted by atomic mass is 35.5. The summed E-state index contributed by atoms with van der Waals surface area (Å²) in [4.78, 5) is 1.82. The summed E-state index contributed by atoms with van der Waals surface area (Å²) in [7, 11) is 0. The molecule has 0 saturated heterocycles. The Balaban J connectivity index is 1.96. The standard InChI is InChI=1S/C15H12ClF3N2/c16-13-4-2-11(15(17,18)19)6-14(13)21-7-9-1-3-12(20)5-10(9)8-21/h1-6H,7-8,20H2. The Morgan fingerprint density at radius 1 is 1.00 bits per heavy atom. The Bertz CT molecular complexity index is 698. The first-order chi connectivity index (χ1) is 9.84. The summed E-state index contributed by atoms with van der Waals surface area (Å²) >= 11 is 6.07. The zero-order valence-corrected chi connectivity index (χ0v) is 11.7. The number of halogens is 4. The highest BCUT2D eigenvalue weighted by Crippen LogP contribution is 2.38. The first-order valence-electron chi connectivity index (χ1n) is 6.33. The van der Waals surface area contributed by atoms with Crippen LogP contribution >= 0.6 is 11.6 Å². The van der Waals surface area contributed by atoms with Crippen molar-refractivity contribution in [2.24, 2.45) is 0 Å². The maximum absolute atomic E-state index is 12.8. The fourth-order valence-electron chi connectivity index (χ4n) is 2.52. The summed E-state index contributed by atoms with van der Waals surface area (Å²) in [6, 6.07) is 8.90. The van der Waals surface area contributed by atoms with Crippen molar-refractivity contribution >= 4 is 23.0 Å². The van der Waals surface area contributed by atoms with Gasteiger partial charge in [0.15, 0.2) is 0 Å².